The number of para-hydroxylation sites is 1. The number of nitrogens with zero attached hydrogens (tertiary/aromatic N) is 3. The summed E-state index contributed by atoms with van der Waals surface area (Å²) in [6, 6.07) is 8.91. The summed E-state index contributed by atoms with van der Waals surface area (Å²) in [6.07, 6.45) is 4.78. The predicted octanol–water partition coefficient (Wildman–Crippen LogP) is 2.17. The normalized spacial score (nSPS) is 20.9. The van der Waals surface area contributed by atoms with E-state index in [9.17, 15) is 9.59 Å². The van der Waals surface area contributed by atoms with E-state index in [2.05, 4.69) is 29.4 Å². The highest BCUT2D eigenvalue weighted by Crippen LogP contribution is 2.33. The van der Waals surface area contributed by atoms with Crippen molar-refractivity contribution in [1.29, 1.82) is 0 Å². The van der Waals surface area contributed by atoms with Crippen molar-refractivity contribution in [2.24, 2.45) is 5.10 Å². The SMILES string of the molecule is CCOC(=O)C1=NN(c2ccccc2)C(C(=O)NCC2(N(C)C)CCCC2)C1. The van der Waals surface area contributed by atoms with Crippen molar-refractivity contribution < 1.29 is 14.3 Å². The van der Waals surface area contributed by atoms with Crippen LogP contribution in [0.2, 0.25) is 0 Å². The Bertz CT molecular complexity index is 726. The van der Waals surface area contributed by atoms with E-state index < -0.39 is 12.0 Å². The van der Waals surface area contributed by atoms with Gasteiger partial charge in [0, 0.05) is 18.5 Å². The van der Waals surface area contributed by atoms with Gasteiger partial charge in [-0.1, -0.05) is 31.0 Å². The quantitative estimate of drug-likeness (QED) is 0.727. The Hall–Kier alpha value is -2.41. The summed E-state index contributed by atoms with van der Waals surface area (Å²) in [5, 5.41) is 9.19. The van der Waals surface area contributed by atoms with Crippen molar-refractivity contribution in [2.75, 3.05) is 32.3 Å². The fourth-order valence-corrected chi connectivity index (χ4v) is 4.06. The zero-order valence-corrected chi connectivity index (χ0v) is 17.0. The number of rotatable bonds is 7. The van der Waals surface area contributed by atoms with E-state index in [1.807, 2.05) is 30.3 Å². The van der Waals surface area contributed by atoms with Crippen LogP contribution in [0.15, 0.2) is 35.4 Å². The Kier molecular flexibility index (Phi) is 6.34. The van der Waals surface area contributed by atoms with Crippen LogP contribution in [0, 0.1) is 0 Å². The maximum Gasteiger partial charge on any atom is 0.354 e. The van der Waals surface area contributed by atoms with E-state index in [1.54, 1.807) is 11.9 Å². The van der Waals surface area contributed by atoms with Crippen LogP contribution in [0.5, 0.6) is 0 Å². The van der Waals surface area contributed by atoms with Gasteiger partial charge in [-0.3, -0.25) is 9.80 Å². The third kappa shape index (κ3) is 4.19. The number of ether oxygens (including phenoxy) is 1. The summed E-state index contributed by atoms with van der Waals surface area (Å²) >= 11 is 0. The monoisotopic (exact) mass is 386 g/mol. The molecule has 1 aliphatic carbocycles. The van der Waals surface area contributed by atoms with Gasteiger partial charge in [0.2, 0.25) is 5.91 Å². The van der Waals surface area contributed by atoms with E-state index in [0.29, 0.717) is 6.54 Å². The van der Waals surface area contributed by atoms with Gasteiger partial charge in [-0.15, -0.1) is 0 Å². The van der Waals surface area contributed by atoms with E-state index in [4.69, 9.17) is 4.74 Å². The molecule has 1 amide bonds. The van der Waals surface area contributed by atoms with Crippen LogP contribution >= 0.6 is 0 Å². The van der Waals surface area contributed by atoms with Gasteiger partial charge in [-0.25, -0.2) is 4.79 Å². The van der Waals surface area contributed by atoms with Crippen molar-refractivity contribution in [3.63, 3.8) is 0 Å². The maximum absolute atomic E-state index is 13.1. The first-order valence-corrected chi connectivity index (χ1v) is 10.0. The van der Waals surface area contributed by atoms with E-state index in [0.717, 1.165) is 18.5 Å². The Morgan fingerprint density at radius 1 is 1.25 bits per heavy atom. The molecule has 0 saturated heterocycles. The number of amides is 1. The molecule has 152 valence electrons. The topological polar surface area (TPSA) is 74.2 Å². The molecule has 7 nitrogen and oxygen atoms in total. The summed E-state index contributed by atoms with van der Waals surface area (Å²) in [5.74, 6) is -0.570. The summed E-state index contributed by atoms with van der Waals surface area (Å²) in [5.41, 5.74) is 1.08. The van der Waals surface area contributed by atoms with Crippen LogP contribution in [-0.2, 0) is 14.3 Å². The van der Waals surface area contributed by atoms with Crippen molar-refractivity contribution in [1.82, 2.24) is 10.2 Å². The number of benzene rings is 1. The highest BCUT2D eigenvalue weighted by molar-refractivity contribution is 6.38. The number of hydrogen-bond acceptors (Lipinski definition) is 6. The van der Waals surface area contributed by atoms with Gasteiger partial charge >= 0.3 is 5.97 Å². The number of anilines is 1. The summed E-state index contributed by atoms with van der Waals surface area (Å²) in [6.45, 7) is 2.65. The van der Waals surface area contributed by atoms with Gasteiger partial charge < -0.3 is 15.0 Å². The van der Waals surface area contributed by atoms with Gasteiger partial charge in [-0.05, 0) is 46.0 Å². The smallest absolute Gasteiger partial charge is 0.354 e. The third-order valence-electron chi connectivity index (χ3n) is 5.82. The molecule has 0 aromatic heterocycles. The number of carbonyl (C=O) groups is 2. The Morgan fingerprint density at radius 3 is 2.54 bits per heavy atom. The molecule has 7 heteroatoms. The number of carbonyl (C=O) groups excluding carboxylic acids is 2. The summed E-state index contributed by atoms with van der Waals surface area (Å²) in [7, 11) is 4.15. The highest BCUT2D eigenvalue weighted by atomic mass is 16.5. The zero-order valence-electron chi connectivity index (χ0n) is 17.0. The molecular formula is C21H30N4O3. The molecule has 1 N–H and O–H groups in total. The minimum Gasteiger partial charge on any atom is -0.461 e. The molecule has 1 heterocycles. The lowest BCUT2D eigenvalue weighted by Crippen LogP contribution is -2.53. The molecule has 28 heavy (non-hydrogen) atoms. The van der Waals surface area contributed by atoms with E-state index >= 15 is 0 Å². The van der Waals surface area contributed by atoms with Gasteiger partial charge in [0.1, 0.15) is 11.8 Å². The molecule has 1 aliphatic heterocycles. The van der Waals surface area contributed by atoms with Gasteiger partial charge in [-0.2, -0.15) is 5.10 Å². The Morgan fingerprint density at radius 2 is 1.93 bits per heavy atom. The molecule has 1 aromatic carbocycles. The highest BCUT2D eigenvalue weighted by Gasteiger charge is 2.40. The fraction of sp³-hybridized carbons (Fsp3) is 0.571. The Labute approximate surface area is 166 Å². The molecule has 1 atom stereocenters. The van der Waals surface area contributed by atoms with Gasteiger partial charge in [0.15, 0.2) is 0 Å². The van der Waals surface area contributed by atoms with Crippen molar-refractivity contribution in [3.8, 4) is 0 Å². The molecule has 3 rings (SSSR count). The van der Waals surface area contributed by atoms with Crippen molar-refractivity contribution in [3.05, 3.63) is 30.3 Å². The van der Waals surface area contributed by atoms with Gasteiger partial charge in [0.25, 0.3) is 0 Å². The standard InChI is InChI=1S/C21H30N4O3/c1-4-28-20(27)17-14-18(25(23-17)16-10-6-5-7-11-16)19(26)22-15-21(24(2)3)12-8-9-13-21/h5-7,10-11,18H,4,8-9,12-15H2,1-3H3,(H,22,26). The minimum absolute atomic E-state index is 0.0106. The van der Waals surface area contributed by atoms with Gasteiger partial charge in [0.05, 0.1) is 12.3 Å². The van der Waals surface area contributed by atoms with Crippen molar-refractivity contribution in [2.45, 2.75) is 50.6 Å². The molecule has 0 radical (unpaired) electrons. The first-order valence-electron chi connectivity index (χ1n) is 10.0. The van der Waals surface area contributed by atoms with Crippen LogP contribution < -0.4 is 10.3 Å². The summed E-state index contributed by atoms with van der Waals surface area (Å²) < 4.78 is 5.09. The number of hydrazone groups is 1. The fourth-order valence-electron chi connectivity index (χ4n) is 4.06. The second-order valence-corrected chi connectivity index (χ2v) is 7.71. The van der Waals surface area contributed by atoms with E-state index in [-0.39, 0.29) is 30.2 Å². The first-order chi connectivity index (χ1) is 13.5. The number of hydrogen-bond donors (Lipinski definition) is 1. The van der Waals surface area contributed by atoms with Crippen LogP contribution in [0.4, 0.5) is 5.69 Å². The minimum atomic E-state index is -0.553. The van der Waals surface area contributed by atoms with E-state index in [1.165, 1.54) is 12.8 Å². The number of likely N-dealkylation sites (N-methyl/N-ethyl adjacent to an activating group) is 1. The van der Waals surface area contributed by atoms with Crippen LogP contribution in [-0.4, -0.2) is 61.3 Å². The lowest BCUT2D eigenvalue weighted by atomic mass is 9.95. The average Bonchev–Trinajstić information content (AvgIpc) is 3.35. The molecule has 1 aromatic rings. The maximum atomic E-state index is 13.1. The Balaban J connectivity index is 1.75. The average molecular weight is 386 g/mol. The van der Waals surface area contributed by atoms with Crippen LogP contribution in [0.25, 0.3) is 0 Å². The molecule has 1 saturated carbocycles. The molecule has 1 fully saturated rings. The largest absolute Gasteiger partial charge is 0.461 e. The molecule has 2 aliphatic rings. The number of esters is 1. The van der Waals surface area contributed by atoms with Crippen LogP contribution in [0.1, 0.15) is 39.0 Å². The first kappa shape index (κ1) is 20.3. The third-order valence-corrected chi connectivity index (χ3v) is 5.82. The lowest BCUT2D eigenvalue weighted by molar-refractivity contribution is -0.135. The lowest BCUT2D eigenvalue weighted by Gasteiger charge is -2.37. The second kappa shape index (κ2) is 8.73. The molecular weight excluding hydrogens is 356 g/mol. The summed E-state index contributed by atoms with van der Waals surface area (Å²) in [4.78, 5) is 27.5. The molecule has 0 spiro atoms. The number of nitrogens with one attached hydrogen (secondary N) is 1. The van der Waals surface area contributed by atoms with Crippen LogP contribution in [0.3, 0.4) is 0 Å². The molecule has 0 bridgehead atoms. The predicted molar refractivity (Wildman–Crippen MR) is 109 cm³/mol. The second-order valence-electron chi connectivity index (χ2n) is 7.71. The molecule has 1 unspecified atom stereocenters. The van der Waals surface area contributed by atoms with Crippen molar-refractivity contribution >= 4 is 23.3 Å². The zero-order chi connectivity index (χ0) is 20.1.